The van der Waals surface area contributed by atoms with E-state index in [1.807, 2.05) is 18.2 Å². The number of benzene rings is 1. The molecule has 0 radical (unpaired) electrons. The molecule has 0 saturated heterocycles. The number of aliphatic imine (C=N–C) groups is 1. The monoisotopic (exact) mass is 330 g/mol. The van der Waals surface area contributed by atoms with Crippen LogP contribution < -0.4 is 21.8 Å². The number of H-pyrrole nitrogens is 1. The Labute approximate surface area is 138 Å². The van der Waals surface area contributed by atoms with Gasteiger partial charge in [-0.1, -0.05) is 29.8 Å². The number of pyridine rings is 1. The van der Waals surface area contributed by atoms with Crippen molar-refractivity contribution >= 4 is 34.9 Å². The normalized spacial score (nSPS) is 11.7. The smallest absolute Gasteiger partial charge is 0.329 e. The number of amides is 1. The average molecular weight is 331 g/mol. The lowest BCUT2D eigenvalue weighted by Crippen LogP contribution is -2.27. The van der Waals surface area contributed by atoms with Gasteiger partial charge < -0.3 is 11.5 Å². The fourth-order valence-corrected chi connectivity index (χ4v) is 2.26. The number of nitrogens with one attached hydrogen (secondary N) is 2. The van der Waals surface area contributed by atoms with Crippen LogP contribution in [0.2, 0.25) is 5.02 Å². The third-order valence-electron chi connectivity index (χ3n) is 3.12. The van der Waals surface area contributed by atoms with Crippen molar-refractivity contribution in [2.45, 2.75) is 0 Å². The molecule has 0 fully saturated rings. The predicted octanol–water partition coefficient (Wildman–Crippen LogP) is 1.88. The van der Waals surface area contributed by atoms with Gasteiger partial charge in [0.1, 0.15) is 5.71 Å². The second-order valence-electron chi connectivity index (χ2n) is 4.60. The van der Waals surface area contributed by atoms with Crippen LogP contribution in [-0.4, -0.2) is 18.7 Å². The molecule has 0 spiro atoms. The number of rotatable bonds is 4. The zero-order valence-corrected chi connectivity index (χ0v) is 13.3. The second-order valence-corrected chi connectivity index (χ2v) is 5.01. The highest BCUT2D eigenvalue weighted by molar-refractivity contribution is 6.46. The average Bonchev–Trinajstić information content (AvgIpc) is 2.53. The van der Waals surface area contributed by atoms with E-state index in [0.29, 0.717) is 16.7 Å². The molecule has 1 amide bonds. The van der Waals surface area contributed by atoms with Gasteiger partial charge in [0.2, 0.25) is 11.6 Å². The van der Waals surface area contributed by atoms with Gasteiger partial charge in [-0.2, -0.15) is 0 Å². The summed E-state index contributed by atoms with van der Waals surface area (Å²) in [5.41, 5.74) is 13.1. The first kappa shape index (κ1) is 16.5. The summed E-state index contributed by atoms with van der Waals surface area (Å²) in [5.74, 6) is 0.436. The largest absolute Gasteiger partial charge is 0.405 e. The SMILES string of the molecule is CN=C(C=CN)C(=O)Nc1ccc(-c2ccccc2Cl)c(N)[nH+]1. The van der Waals surface area contributed by atoms with Crippen molar-refractivity contribution in [2.24, 2.45) is 10.7 Å². The summed E-state index contributed by atoms with van der Waals surface area (Å²) in [6.07, 6.45) is 2.66. The van der Waals surface area contributed by atoms with Crippen LogP contribution in [0.25, 0.3) is 11.1 Å². The molecule has 118 valence electrons. The van der Waals surface area contributed by atoms with Crippen LogP contribution in [0.1, 0.15) is 0 Å². The molecule has 0 bridgehead atoms. The molecule has 0 unspecified atom stereocenters. The Hall–Kier alpha value is -2.86. The van der Waals surface area contributed by atoms with Crippen LogP contribution in [0, 0.1) is 0 Å². The predicted molar refractivity (Wildman–Crippen MR) is 93.2 cm³/mol. The number of anilines is 2. The van der Waals surface area contributed by atoms with E-state index in [1.54, 1.807) is 18.2 Å². The Balaban J connectivity index is 2.27. The fraction of sp³-hybridized carbons (Fsp3) is 0.0625. The molecule has 0 saturated carbocycles. The van der Waals surface area contributed by atoms with Crippen LogP contribution in [0.4, 0.5) is 11.6 Å². The van der Waals surface area contributed by atoms with E-state index in [1.165, 1.54) is 19.3 Å². The van der Waals surface area contributed by atoms with E-state index in [0.717, 1.165) is 11.1 Å². The highest BCUT2D eigenvalue weighted by atomic mass is 35.5. The molecule has 1 heterocycles. The molecule has 2 rings (SSSR count). The number of aromatic amines is 1. The van der Waals surface area contributed by atoms with Crippen molar-refractivity contribution in [1.29, 1.82) is 0 Å². The molecule has 23 heavy (non-hydrogen) atoms. The molecular formula is C16H17ClN5O+. The molecule has 0 aliphatic carbocycles. The maximum Gasteiger partial charge on any atom is 0.329 e. The Morgan fingerprint density at radius 3 is 2.61 bits per heavy atom. The number of carbonyl (C=O) groups excluding carboxylic acids is 1. The molecule has 6 nitrogen and oxygen atoms in total. The summed E-state index contributed by atoms with van der Waals surface area (Å²) in [5, 5.41) is 3.26. The van der Waals surface area contributed by atoms with Crippen LogP contribution >= 0.6 is 11.6 Å². The fourth-order valence-electron chi connectivity index (χ4n) is 2.03. The summed E-state index contributed by atoms with van der Waals surface area (Å²) >= 11 is 6.18. The number of aromatic nitrogens is 1. The van der Waals surface area contributed by atoms with E-state index < -0.39 is 5.91 Å². The number of nitrogen functional groups attached to an aromatic ring is 1. The lowest BCUT2D eigenvalue weighted by atomic mass is 10.1. The minimum atomic E-state index is -0.393. The van der Waals surface area contributed by atoms with E-state index in [9.17, 15) is 4.79 Å². The number of nitrogens with two attached hydrogens (primary N) is 2. The molecule has 0 aliphatic heterocycles. The van der Waals surface area contributed by atoms with E-state index in [-0.39, 0.29) is 5.71 Å². The first-order valence-electron chi connectivity index (χ1n) is 6.80. The summed E-state index contributed by atoms with van der Waals surface area (Å²) in [4.78, 5) is 18.8. The molecule has 7 heteroatoms. The van der Waals surface area contributed by atoms with Crippen molar-refractivity contribution < 1.29 is 9.78 Å². The topological polar surface area (TPSA) is 108 Å². The maximum absolute atomic E-state index is 12.0. The van der Waals surface area contributed by atoms with Gasteiger partial charge in [-0.3, -0.25) is 4.99 Å². The minimum Gasteiger partial charge on any atom is -0.405 e. The Kier molecular flexibility index (Phi) is 5.32. The van der Waals surface area contributed by atoms with Gasteiger partial charge in [-0.05, 0) is 24.4 Å². The molecular weight excluding hydrogens is 314 g/mol. The zero-order chi connectivity index (χ0) is 16.8. The van der Waals surface area contributed by atoms with Gasteiger partial charge in [-0.15, -0.1) is 0 Å². The standard InChI is InChI=1S/C16H16ClN5O/c1-20-13(8-9-18)16(23)22-14-7-6-11(15(19)21-14)10-4-2-3-5-12(10)17/h2-9H,18H2,1H3,(H3,19,21,22,23)/p+1. The first-order valence-corrected chi connectivity index (χ1v) is 7.17. The van der Waals surface area contributed by atoms with Gasteiger partial charge in [0.25, 0.3) is 0 Å². The van der Waals surface area contributed by atoms with Gasteiger partial charge in [0, 0.05) is 23.7 Å². The van der Waals surface area contributed by atoms with Crippen molar-refractivity contribution in [3.8, 4) is 11.1 Å². The van der Waals surface area contributed by atoms with Gasteiger partial charge in [0.05, 0.1) is 5.56 Å². The molecule has 0 aliphatic rings. The van der Waals surface area contributed by atoms with E-state index in [2.05, 4.69) is 15.3 Å². The van der Waals surface area contributed by atoms with Crippen LogP contribution in [0.15, 0.2) is 53.7 Å². The Morgan fingerprint density at radius 1 is 1.26 bits per heavy atom. The molecule has 2 aromatic rings. The lowest BCUT2D eigenvalue weighted by Gasteiger charge is -2.06. The highest BCUT2D eigenvalue weighted by Crippen LogP contribution is 2.30. The minimum absolute atomic E-state index is 0.203. The summed E-state index contributed by atoms with van der Waals surface area (Å²) < 4.78 is 0. The number of nitrogens with zero attached hydrogens (tertiary/aromatic N) is 1. The highest BCUT2D eigenvalue weighted by Gasteiger charge is 2.15. The third kappa shape index (κ3) is 3.87. The van der Waals surface area contributed by atoms with Gasteiger partial charge in [-0.25, -0.2) is 15.1 Å². The Morgan fingerprint density at radius 2 is 2.00 bits per heavy atom. The van der Waals surface area contributed by atoms with Crippen LogP contribution in [0.3, 0.4) is 0 Å². The Bertz CT molecular complexity index is 786. The number of hydrogen-bond donors (Lipinski definition) is 3. The second kappa shape index (κ2) is 7.42. The van der Waals surface area contributed by atoms with Gasteiger partial charge >= 0.3 is 5.91 Å². The number of carbonyl (C=O) groups is 1. The third-order valence-corrected chi connectivity index (χ3v) is 3.45. The molecule has 1 aromatic carbocycles. The summed E-state index contributed by atoms with van der Waals surface area (Å²) in [6.45, 7) is 0. The van der Waals surface area contributed by atoms with Crippen molar-refractivity contribution in [2.75, 3.05) is 18.1 Å². The number of halogens is 1. The van der Waals surface area contributed by atoms with Crippen molar-refractivity contribution in [3.05, 3.63) is 53.7 Å². The zero-order valence-electron chi connectivity index (χ0n) is 12.5. The lowest BCUT2D eigenvalue weighted by molar-refractivity contribution is -0.342. The molecule has 6 N–H and O–H groups in total. The van der Waals surface area contributed by atoms with Crippen molar-refractivity contribution in [3.63, 3.8) is 0 Å². The number of hydrogen-bond acceptors (Lipinski definition) is 4. The van der Waals surface area contributed by atoms with Gasteiger partial charge in [0.15, 0.2) is 0 Å². The van der Waals surface area contributed by atoms with E-state index >= 15 is 0 Å². The maximum atomic E-state index is 12.0. The summed E-state index contributed by atoms with van der Waals surface area (Å²) in [6, 6.07) is 10.9. The quantitative estimate of drug-likeness (QED) is 0.745. The van der Waals surface area contributed by atoms with Crippen LogP contribution in [-0.2, 0) is 4.79 Å². The summed E-state index contributed by atoms with van der Waals surface area (Å²) in [7, 11) is 1.51. The first-order chi connectivity index (χ1) is 11.1. The van der Waals surface area contributed by atoms with Crippen molar-refractivity contribution in [1.82, 2.24) is 0 Å². The molecule has 1 aromatic heterocycles. The van der Waals surface area contributed by atoms with E-state index in [4.69, 9.17) is 23.1 Å². The molecule has 0 atom stereocenters. The van der Waals surface area contributed by atoms with Crippen LogP contribution in [0.5, 0.6) is 0 Å².